The molecule has 0 aromatic heterocycles. The average Bonchev–Trinajstić information content (AvgIpc) is 2.37. The van der Waals surface area contributed by atoms with Gasteiger partial charge < -0.3 is 21.0 Å². The lowest BCUT2D eigenvalue weighted by Crippen LogP contribution is -2.47. The average molecular weight is 314 g/mol. The first-order valence-corrected chi connectivity index (χ1v) is 6.80. The van der Waals surface area contributed by atoms with Crippen molar-refractivity contribution >= 4 is 23.5 Å². The molecular formula is C14H20ClN3O3. The van der Waals surface area contributed by atoms with Gasteiger partial charge in [0.25, 0.3) is 0 Å². The van der Waals surface area contributed by atoms with Crippen LogP contribution in [-0.2, 0) is 11.2 Å². The molecule has 1 rings (SSSR count). The summed E-state index contributed by atoms with van der Waals surface area (Å²) in [5.41, 5.74) is 5.87. The second-order valence-corrected chi connectivity index (χ2v) is 5.99. The molecule has 0 aliphatic carbocycles. The van der Waals surface area contributed by atoms with Crippen LogP contribution < -0.4 is 11.1 Å². The van der Waals surface area contributed by atoms with Gasteiger partial charge in [-0.15, -0.1) is 0 Å². The lowest BCUT2D eigenvalue weighted by molar-refractivity contribution is 0.0517. The molecule has 7 heteroatoms. The van der Waals surface area contributed by atoms with Crippen molar-refractivity contribution in [3.63, 3.8) is 0 Å². The van der Waals surface area contributed by atoms with Crippen LogP contribution in [0.3, 0.4) is 0 Å². The minimum absolute atomic E-state index is 0.101. The summed E-state index contributed by atoms with van der Waals surface area (Å²) in [5.74, 6) is -0.101. The van der Waals surface area contributed by atoms with E-state index in [9.17, 15) is 4.79 Å². The lowest BCUT2D eigenvalue weighted by atomic mass is 10.1. The van der Waals surface area contributed by atoms with E-state index in [0.29, 0.717) is 11.4 Å². The first-order valence-electron chi connectivity index (χ1n) is 6.42. The van der Waals surface area contributed by atoms with E-state index in [1.54, 1.807) is 45.0 Å². The van der Waals surface area contributed by atoms with Crippen LogP contribution in [0.15, 0.2) is 29.4 Å². The molecule has 0 aliphatic heterocycles. The van der Waals surface area contributed by atoms with Gasteiger partial charge in [0.2, 0.25) is 0 Å². The Bertz CT molecular complexity index is 509. The maximum atomic E-state index is 11.8. The van der Waals surface area contributed by atoms with E-state index in [4.69, 9.17) is 27.3 Å². The highest BCUT2D eigenvalue weighted by molar-refractivity contribution is 6.30. The number of hydrogen-bond acceptors (Lipinski definition) is 4. The minimum Gasteiger partial charge on any atom is -0.444 e. The maximum Gasteiger partial charge on any atom is 0.408 e. The normalized spacial score (nSPS) is 13.6. The Kier molecular flexibility index (Phi) is 5.84. The van der Waals surface area contributed by atoms with Gasteiger partial charge in [-0.3, -0.25) is 0 Å². The van der Waals surface area contributed by atoms with Crippen LogP contribution in [0.5, 0.6) is 0 Å². The van der Waals surface area contributed by atoms with E-state index < -0.39 is 17.7 Å². The number of carbonyl (C=O) groups is 1. The Hall–Kier alpha value is -1.95. The fourth-order valence-electron chi connectivity index (χ4n) is 1.61. The minimum atomic E-state index is -0.675. The van der Waals surface area contributed by atoms with Gasteiger partial charge in [-0.25, -0.2) is 4.79 Å². The summed E-state index contributed by atoms with van der Waals surface area (Å²) < 4.78 is 5.16. The summed E-state index contributed by atoms with van der Waals surface area (Å²) in [6.45, 7) is 5.26. The smallest absolute Gasteiger partial charge is 0.408 e. The van der Waals surface area contributed by atoms with Gasteiger partial charge in [0.05, 0.1) is 6.04 Å². The number of alkyl carbamates (subject to hydrolysis) is 1. The van der Waals surface area contributed by atoms with Crippen molar-refractivity contribution in [1.82, 2.24) is 5.32 Å². The largest absolute Gasteiger partial charge is 0.444 e. The maximum absolute atomic E-state index is 11.8. The number of oxime groups is 1. The van der Waals surface area contributed by atoms with Crippen LogP contribution >= 0.6 is 11.6 Å². The molecule has 0 heterocycles. The van der Waals surface area contributed by atoms with E-state index in [1.165, 1.54) is 0 Å². The van der Waals surface area contributed by atoms with Crippen molar-refractivity contribution in [3.8, 4) is 0 Å². The quantitative estimate of drug-likeness (QED) is 0.344. The summed E-state index contributed by atoms with van der Waals surface area (Å²) in [4.78, 5) is 11.8. The summed E-state index contributed by atoms with van der Waals surface area (Å²) >= 11 is 5.82. The van der Waals surface area contributed by atoms with Crippen LogP contribution in [0.4, 0.5) is 4.79 Å². The predicted octanol–water partition coefficient (Wildman–Crippen LogP) is 2.52. The number of nitrogens with zero attached hydrogens (tertiary/aromatic N) is 1. The number of nitrogens with two attached hydrogens (primary N) is 1. The molecule has 0 spiro atoms. The first kappa shape index (κ1) is 17.1. The summed E-state index contributed by atoms with van der Waals surface area (Å²) in [7, 11) is 0. The molecule has 1 aromatic carbocycles. The highest BCUT2D eigenvalue weighted by Gasteiger charge is 2.22. The van der Waals surface area contributed by atoms with Crippen molar-refractivity contribution in [2.75, 3.05) is 0 Å². The molecule has 21 heavy (non-hydrogen) atoms. The van der Waals surface area contributed by atoms with Crippen molar-refractivity contribution in [2.45, 2.75) is 38.8 Å². The van der Waals surface area contributed by atoms with Crippen LogP contribution in [0.2, 0.25) is 5.02 Å². The third-order valence-electron chi connectivity index (χ3n) is 2.52. The summed E-state index contributed by atoms with van der Waals surface area (Å²) in [6.07, 6.45) is -0.278. The molecule has 0 aliphatic rings. The fraction of sp³-hybridized carbons (Fsp3) is 0.429. The Balaban J connectivity index is 2.77. The molecule has 0 unspecified atom stereocenters. The lowest BCUT2D eigenvalue weighted by Gasteiger charge is -2.23. The van der Waals surface area contributed by atoms with Crippen LogP contribution in [-0.4, -0.2) is 28.8 Å². The van der Waals surface area contributed by atoms with E-state index in [2.05, 4.69) is 10.5 Å². The van der Waals surface area contributed by atoms with E-state index in [1.807, 2.05) is 0 Å². The Morgan fingerprint density at radius 3 is 2.48 bits per heavy atom. The van der Waals surface area contributed by atoms with Crippen LogP contribution in [0.1, 0.15) is 26.3 Å². The van der Waals surface area contributed by atoms with Gasteiger partial charge in [-0.1, -0.05) is 28.9 Å². The topological polar surface area (TPSA) is 96.9 Å². The molecule has 116 valence electrons. The second-order valence-electron chi connectivity index (χ2n) is 5.55. The van der Waals surface area contributed by atoms with Crippen LogP contribution in [0.25, 0.3) is 0 Å². The Morgan fingerprint density at radius 1 is 1.43 bits per heavy atom. The molecule has 0 saturated heterocycles. The number of amides is 1. The number of amidine groups is 1. The molecule has 0 bridgehead atoms. The number of carbonyl (C=O) groups excluding carboxylic acids is 1. The van der Waals surface area contributed by atoms with E-state index in [0.717, 1.165) is 5.56 Å². The monoisotopic (exact) mass is 313 g/mol. The molecule has 1 aromatic rings. The van der Waals surface area contributed by atoms with Crippen molar-refractivity contribution in [3.05, 3.63) is 34.9 Å². The zero-order chi connectivity index (χ0) is 16.0. The summed E-state index contributed by atoms with van der Waals surface area (Å²) in [5, 5.41) is 15.0. The number of nitrogens with one attached hydrogen (secondary N) is 1. The number of ether oxygens (including phenoxy) is 1. The number of hydrogen-bond donors (Lipinski definition) is 3. The molecular weight excluding hydrogens is 294 g/mol. The van der Waals surface area contributed by atoms with E-state index in [-0.39, 0.29) is 5.84 Å². The zero-order valence-corrected chi connectivity index (χ0v) is 13.0. The van der Waals surface area contributed by atoms with Crippen molar-refractivity contribution in [1.29, 1.82) is 0 Å². The van der Waals surface area contributed by atoms with Gasteiger partial charge in [-0.05, 0) is 38.5 Å². The van der Waals surface area contributed by atoms with Gasteiger partial charge in [-0.2, -0.15) is 0 Å². The molecule has 1 amide bonds. The molecule has 1 atom stereocenters. The van der Waals surface area contributed by atoms with Gasteiger partial charge in [0.15, 0.2) is 5.84 Å². The standard InChI is InChI=1S/C14H20ClN3O3/c1-14(2,3)21-13(19)17-11(12(16)18-20)8-9-4-6-10(15)7-5-9/h4-7,11,20H,8H2,1-3H3,(H2,16,18)(H,17,19)/t11-/m0/s1. The SMILES string of the molecule is CC(C)(C)OC(=O)N[C@@H](Cc1ccc(Cl)cc1)/C(N)=N/O. The third-order valence-corrected chi connectivity index (χ3v) is 2.77. The molecule has 0 radical (unpaired) electrons. The number of rotatable bonds is 4. The third kappa shape index (κ3) is 6.35. The van der Waals surface area contributed by atoms with Crippen molar-refractivity contribution < 1.29 is 14.7 Å². The zero-order valence-electron chi connectivity index (χ0n) is 12.3. The molecule has 0 saturated carbocycles. The van der Waals surface area contributed by atoms with E-state index >= 15 is 0 Å². The van der Waals surface area contributed by atoms with Crippen molar-refractivity contribution in [2.24, 2.45) is 10.9 Å². The van der Waals surface area contributed by atoms with Crippen LogP contribution in [0, 0.1) is 0 Å². The fourth-order valence-corrected chi connectivity index (χ4v) is 1.73. The summed E-state index contributed by atoms with van der Waals surface area (Å²) in [6, 6.07) is 6.39. The predicted molar refractivity (Wildman–Crippen MR) is 81.7 cm³/mol. The van der Waals surface area contributed by atoms with Gasteiger partial charge >= 0.3 is 6.09 Å². The molecule has 4 N–H and O–H groups in total. The molecule has 0 fully saturated rings. The Morgan fingerprint density at radius 2 is 2.00 bits per heavy atom. The highest BCUT2D eigenvalue weighted by Crippen LogP contribution is 2.12. The number of benzene rings is 1. The Labute approximate surface area is 128 Å². The molecule has 6 nitrogen and oxygen atoms in total. The first-order chi connectivity index (χ1) is 9.71. The van der Waals surface area contributed by atoms with Gasteiger partial charge in [0, 0.05) is 11.4 Å². The highest BCUT2D eigenvalue weighted by atomic mass is 35.5. The second kappa shape index (κ2) is 7.17. The van der Waals surface area contributed by atoms with Gasteiger partial charge in [0.1, 0.15) is 5.60 Å². The number of halogens is 1.